The molecular weight excluding hydrogens is 162 g/mol. The summed E-state index contributed by atoms with van der Waals surface area (Å²) < 4.78 is 0. The van der Waals surface area contributed by atoms with E-state index in [0.29, 0.717) is 0 Å². The van der Waals surface area contributed by atoms with Crippen LogP contribution in [-0.2, 0) is 0 Å². The lowest BCUT2D eigenvalue weighted by molar-refractivity contribution is 0.268. The molecule has 1 aliphatic rings. The van der Waals surface area contributed by atoms with E-state index < -0.39 is 0 Å². The Morgan fingerprint density at radius 3 is 2.85 bits per heavy atom. The van der Waals surface area contributed by atoms with Crippen molar-refractivity contribution in [3.05, 3.63) is 35.4 Å². The van der Waals surface area contributed by atoms with Crippen LogP contribution in [0.1, 0.15) is 35.9 Å². The Labute approximate surface area is 78.4 Å². The van der Waals surface area contributed by atoms with Gasteiger partial charge in [-0.2, -0.15) is 0 Å². The van der Waals surface area contributed by atoms with Gasteiger partial charge in [-0.1, -0.05) is 24.3 Å². The van der Waals surface area contributed by atoms with Crippen LogP contribution in [0.4, 0.5) is 0 Å². The van der Waals surface area contributed by atoms with Crippen LogP contribution in [0.25, 0.3) is 0 Å². The first-order valence-corrected chi connectivity index (χ1v) is 4.77. The second-order valence-electron chi connectivity index (χ2n) is 3.73. The third-order valence-electron chi connectivity index (χ3n) is 2.58. The number of rotatable bonds is 3. The topological polar surface area (TPSA) is 46.2 Å². The normalized spacial score (nSPS) is 18.6. The number of hydrogen-bond donors (Lipinski definition) is 2. The molecule has 2 heteroatoms. The van der Waals surface area contributed by atoms with Crippen molar-refractivity contribution in [3.63, 3.8) is 0 Å². The monoisotopic (exact) mass is 177 g/mol. The molecule has 0 aromatic heterocycles. The van der Waals surface area contributed by atoms with Crippen LogP contribution in [0.3, 0.4) is 0 Å². The standard InChI is InChI=1S/C11H15NO/c12-11(7-13)10-3-1-2-9(6-10)8-4-5-8/h1-3,6,8,11,13H,4-5,7,12H2/t11-/m0/s1. The highest BCUT2D eigenvalue weighted by atomic mass is 16.3. The zero-order valence-corrected chi connectivity index (χ0v) is 7.61. The Hall–Kier alpha value is -0.860. The van der Waals surface area contributed by atoms with E-state index in [-0.39, 0.29) is 12.6 Å². The number of aliphatic hydroxyl groups excluding tert-OH is 1. The van der Waals surface area contributed by atoms with E-state index >= 15 is 0 Å². The van der Waals surface area contributed by atoms with E-state index in [2.05, 4.69) is 12.1 Å². The van der Waals surface area contributed by atoms with Gasteiger partial charge >= 0.3 is 0 Å². The fourth-order valence-corrected chi connectivity index (χ4v) is 1.57. The third-order valence-corrected chi connectivity index (χ3v) is 2.58. The van der Waals surface area contributed by atoms with Gasteiger partial charge in [0.1, 0.15) is 0 Å². The molecule has 2 rings (SSSR count). The third kappa shape index (κ3) is 1.90. The van der Waals surface area contributed by atoms with Gasteiger partial charge in [0.25, 0.3) is 0 Å². The molecule has 13 heavy (non-hydrogen) atoms. The van der Waals surface area contributed by atoms with Crippen LogP contribution in [-0.4, -0.2) is 11.7 Å². The highest BCUT2D eigenvalue weighted by Gasteiger charge is 2.23. The first-order valence-electron chi connectivity index (χ1n) is 4.77. The summed E-state index contributed by atoms with van der Waals surface area (Å²) >= 11 is 0. The van der Waals surface area contributed by atoms with Crippen LogP contribution in [0, 0.1) is 0 Å². The average molecular weight is 177 g/mol. The van der Waals surface area contributed by atoms with E-state index in [4.69, 9.17) is 10.8 Å². The molecular formula is C11H15NO. The number of aliphatic hydroxyl groups is 1. The SMILES string of the molecule is N[C@@H](CO)c1cccc(C2CC2)c1. The summed E-state index contributed by atoms with van der Waals surface area (Å²) in [5, 5.41) is 8.91. The van der Waals surface area contributed by atoms with Gasteiger partial charge in [-0.15, -0.1) is 0 Å². The highest BCUT2D eigenvalue weighted by Crippen LogP contribution is 2.40. The van der Waals surface area contributed by atoms with Crippen molar-refractivity contribution < 1.29 is 5.11 Å². The molecule has 1 aliphatic carbocycles. The first-order chi connectivity index (χ1) is 6.31. The Morgan fingerprint density at radius 1 is 1.46 bits per heavy atom. The maximum absolute atomic E-state index is 8.91. The molecule has 1 fully saturated rings. The maximum Gasteiger partial charge on any atom is 0.0624 e. The van der Waals surface area contributed by atoms with Crippen molar-refractivity contribution >= 4 is 0 Å². The van der Waals surface area contributed by atoms with Crippen molar-refractivity contribution in [2.75, 3.05) is 6.61 Å². The first kappa shape index (κ1) is 8.73. The number of nitrogens with two attached hydrogens (primary N) is 1. The van der Waals surface area contributed by atoms with Crippen molar-refractivity contribution in [3.8, 4) is 0 Å². The van der Waals surface area contributed by atoms with E-state index in [1.54, 1.807) is 0 Å². The zero-order valence-electron chi connectivity index (χ0n) is 7.61. The van der Waals surface area contributed by atoms with Crippen LogP contribution >= 0.6 is 0 Å². The molecule has 1 saturated carbocycles. The largest absolute Gasteiger partial charge is 0.394 e. The molecule has 0 unspecified atom stereocenters. The molecule has 0 radical (unpaired) electrons. The van der Waals surface area contributed by atoms with Crippen molar-refractivity contribution in [2.24, 2.45) is 5.73 Å². The molecule has 1 atom stereocenters. The van der Waals surface area contributed by atoms with E-state index in [0.717, 1.165) is 11.5 Å². The van der Waals surface area contributed by atoms with E-state index in [9.17, 15) is 0 Å². The molecule has 0 bridgehead atoms. The predicted molar refractivity (Wildman–Crippen MR) is 52.4 cm³/mol. The molecule has 1 aromatic carbocycles. The lowest BCUT2D eigenvalue weighted by Gasteiger charge is -2.09. The smallest absolute Gasteiger partial charge is 0.0624 e. The summed E-state index contributed by atoms with van der Waals surface area (Å²) in [6.45, 7) is 0.0219. The lowest BCUT2D eigenvalue weighted by Crippen LogP contribution is -2.14. The van der Waals surface area contributed by atoms with Crippen LogP contribution in [0.5, 0.6) is 0 Å². The van der Waals surface area contributed by atoms with E-state index in [1.807, 2.05) is 12.1 Å². The summed E-state index contributed by atoms with van der Waals surface area (Å²) in [7, 11) is 0. The molecule has 0 spiro atoms. The van der Waals surface area contributed by atoms with Gasteiger partial charge < -0.3 is 10.8 Å². The Bertz CT molecular complexity index is 294. The second kappa shape index (κ2) is 3.48. The van der Waals surface area contributed by atoms with Gasteiger partial charge in [0.15, 0.2) is 0 Å². The summed E-state index contributed by atoms with van der Waals surface area (Å²) in [5.74, 6) is 0.755. The molecule has 70 valence electrons. The minimum Gasteiger partial charge on any atom is -0.394 e. The van der Waals surface area contributed by atoms with Crippen molar-refractivity contribution in [1.29, 1.82) is 0 Å². The average Bonchev–Trinajstić information content (AvgIpc) is 3.00. The molecule has 3 N–H and O–H groups in total. The van der Waals surface area contributed by atoms with Crippen LogP contribution in [0.15, 0.2) is 24.3 Å². The van der Waals surface area contributed by atoms with Crippen LogP contribution in [0.2, 0.25) is 0 Å². The quantitative estimate of drug-likeness (QED) is 0.736. The minimum absolute atomic E-state index is 0.0219. The van der Waals surface area contributed by atoms with Gasteiger partial charge in [0.2, 0.25) is 0 Å². The Balaban J connectivity index is 2.21. The van der Waals surface area contributed by atoms with Crippen LogP contribution < -0.4 is 5.73 Å². The van der Waals surface area contributed by atoms with Gasteiger partial charge in [0, 0.05) is 0 Å². The molecule has 2 nitrogen and oxygen atoms in total. The molecule has 0 amide bonds. The lowest BCUT2D eigenvalue weighted by atomic mass is 10.0. The van der Waals surface area contributed by atoms with Crippen molar-refractivity contribution in [2.45, 2.75) is 24.8 Å². The molecule has 0 saturated heterocycles. The maximum atomic E-state index is 8.91. The van der Waals surface area contributed by atoms with Crippen molar-refractivity contribution in [1.82, 2.24) is 0 Å². The molecule has 1 aromatic rings. The number of benzene rings is 1. The summed E-state index contributed by atoms with van der Waals surface area (Å²) in [6, 6.07) is 8.05. The fraction of sp³-hybridized carbons (Fsp3) is 0.455. The Kier molecular flexibility index (Phi) is 2.34. The molecule has 0 aliphatic heterocycles. The summed E-state index contributed by atoms with van der Waals surface area (Å²) in [4.78, 5) is 0. The van der Waals surface area contributed by atoms with Gasteiger partial charge in [0.05, 0.1) is 12.6 Å². The van der Waals surface area contributed by atoms with Gasteiger partial charge in [-0.25, -0.2) is 0 Å². The Morgan fingerprint density at radius 2 is 2.23 bits per heavy atom. The second-order valence-corrected chi connectivity index (χ2v) is 3.73. The van der Waals surface area contributed by atoms with E-state index in [1.165, 1.54) is 18.4 Å². The predicted octanol–water partition coefficient (Wildman–Crippen LogP) is 1.56. The van der Waals surface area contributed by atoms with Gasteiger partial charge in [-0.05, 0) is 29.9 Å². The van der Waals surface area contributed by atoms with Gasteiger partial charge in [-0.3, -0.25) is 0 Å². The number of hydrogen-bond acceptors (Lipinski definition) is 2. The fourth-order valence-electron chi connectivity index (χ4n) is 1.57. The minimum atomic E-state index is -0.223. The summed E-state index contributed by atoms with van der Waals surface area (Å²) in [6.07, 6.45) is 2.61. The highest BCUT2D eigenvalue weighted by molar-refractivity contribution is 5.30. The summed E-state index contributed by atoms with van der Waals surface area (Å²) in [5.41, 5.74) is 8.16. The zero-order chi connectivity index (χ0) is 9.26. The molecule has 0 heterocycles.